The Balaban J connectivity index is 2.11. The molecule has 1 aliphatic rings. The molecule has 2 aromatic heterocycles. The molecule has 1 fully saturated rings. The normalized spacial score (nSPS) is 15.5. The van der Waals surface area contributed by atoms with Gasteiger partial charge in [0.2, 0.25) is 0 Å². The van der Waals surface area contributed by atoms with Crippen molar-refractivity contribution in [1.29, 1.82) is 0 Å². The van der Waals surface area contributed by atoms with E-state index in [9.17, 15) is 4.79 Å². The van der Waals surface area contributed by atoms with Gasteiger partial charge < -0.3 is 4.98 Å². The average molecular weight is 219 g/mol. The smallest absolute Gasteiger partial charge is 0.251 e. The number of aromatic amines is 1. The van der Waals surface area contributed by atoms with Crippen molar-refractivity contribution in [2.75, 3.05) is 0 Å². The number of nitrogens with zero attached hydrogens (tertiary/aromatic N) is 2. The molecule has 0 bridgehead atoms. The second-order valence-electron chi connectivity index (χ2n) is 3.63. The maximum absolute atomic E-state index is 11.4. The molecular weight excluding hydrogens is 210 g/mol. The van der Waals surface area contributed by atoms with E-state index in [2.05, 4.69) is 15.0 Å². The summed E-state index contributed by atoms with van der Waals surface area (Å²) in [5, 5.41) is 2.65. The Morgan fingerprint density at radius 1 is 1.47 bits per heavy atom. The number of thiazole rings is 1. The molecule has 15 heavy (non-hydrogen) atoms. The summed E-state index contributed by atoms with van der Waals surface area (Å²) in [6.07, 6.45) is 4.01. The number of rotatable bonds is 2. The Hall–Kier alpha value is -1.49. The summed E-state index contributed by atoms with van der Waals surface area (Å²) in [6.45, 7) is 0. The monoisotopic (exact) mass is 219 g/mol. The molecule has 2 heterocycles. The molecular formula is C10H9N3OS. The quantitative estimate of drug-likeness (QED) is 0.837. The van der Waals surface area contributed by atoms with E-state index in [0.717, 1.165) is 23.5 Å². The maximum Gasteiger partial charge on any atom is 0.251 e. The Bertz CT molecular complexity index is 528. The Labute approximate surface area is 90.0 Å². The minimum absolute atomic E-state index is 0.0860. The lowest BCUT2D eigenvalue weighted by molar-refractivity contribution is 0.975. The molecule has 1 aliphatic carbocycles. The number of aromatic nitrogens is 3. The molecule has 0 atom stereocenters. The molecule has 0 unspecified atom stereocenters. The van der Waals surface area contributed by atoms with Gasteiger partial charge in [-0.2, -0.15) is 0 Å². The van der Waals surface area contributed by atoms with Gasteiger partial charge in [0.05, 0.1) is 5.69 Å². The summed E-state index contributed by atoms with van der Waals surface area (Å²) in [6, 6.07) is 1.59. The van der Waals surface area contributed by atoms with Gasteiger partial charge in [0, 0.05) is 23.6 Å². The molecule has 0 spiro atoms. The van der Waals surface area contributed by atoms with E-state index in [4.69, 9.17) is 0 Å². The van der Waals surface area contributed by atoms with Crippen molar-refractivity contribution in [2.45, 2.75) is 18.8 Å². The fourth-order valence-electron chi connectivity index (χ4n) is 1.51. The van der Waals surface area contributed by atoms with E-state index >= 15 is 0 Å². The minimum atomic E-state index is -0.0860. The lowest BCUT2D eigenvalue weighted by atomic mass is 10.3. The van der Waals surface area contributed by atoms with Gasteiger partial charge in [0.1, 0.15) is 0 Å². The van der Waals surface area contributed by atoms with E-state index in [1.165, 1.54) is 11.3 Å². The fraction of sp³-hybridized carbons (Fsp3) is 0.300. The zero-order valence-corrected chi connectivity index (χ0v) is 8.75. The van der Waals surface area contributed by atoms with Gasteiger partial charge in [-0.25, -0.2) is 9.97 Å². The van der Waals surface area contributed by atoms with Crippen molar-refractivity contribution in [2.24, 2.45) is 0 Å². The number of nitrogens with one attached hydrogen (secondary N) is 1. The Kier molecular flexibility index (Phi) is 1.92. The summed E-state index contributed by atoms with van der Waals surface area (Å²) in [5.41, 5.74) is 0.820. The van der Waals surface area contributed by atoms with Crippen molar-refractivity contribution in [3.63, 3.8) is 0 Å². The molecule has 0 aliphatic heterocycles. The molecule has 0 aromatic carbocycles. The number of hydrogen-bond donors (Lipinski definition) is 1. The van der Waals surface area contributed by atoms with E-state index in [1.807, 2.05) is 5.38 Å². The molecule has 1 saturated carbocycles. The zero-order valence-electron chi connectivity index (χ0n) is 7.93. The topological polar surface area (TPSA) is 58.6 Å². The van der Waals surface area contributed by atoms with E-state index < -0.39 is 0 Å². The van der Waals surface area contributed by atoms with Crippen molar-refractivity contribution in [1.82, 2.24) is 15.0 Å². The predicted molar refractivity (Wildman–Crippen MR) is 57.9 cm³/mol. The van der Waals surface area contributed by atoms with Gasteiger partial charge in [-0.3, -0.25) is 4.79 Å². The van der Waals surface area contributed by atoms with Crippen molar-refractivity contribution in [3.8, 4) is 10.8 Å². The van der Waals surface area contributed by atoms with Crippen molar-refractivity contribution in [3.05, 3.63) is 33.7 Å². The average Bonchev–Trinajstić information content (AvgIpc) is 2.93. The first-order valence-electron chi connectivity index (χ1n) is 4.84. The van der Waals surface area contributed by atoms with Gasteiger partial charge in [0.15, 0.2) is 10.8 Å². The molecule has 76 valence electrons. The SMILES string of the molecule is O=c1cc(C2CC2)nc(-c2nccs2)[nH]1. The maximum atomic E-state index is 11.4. The van der Waals surface area contributed by atoms with Gasteiger partial charge in [-0.1, -0.05) is 0 Å². The highest BCUT2D eigenvalue weighted by atomic mass is 32.1. The zero-order chi connectivity index (χ0) is 10.3. The van der Waals surface area contributed by atoms with Crippen LogP contribution in [0.3, 0.4) is 0 Å². The van der Waals surface area contributed by atoms with Gasteiger partial charge >= 0.3 is 0 Å². The number of hydrogen-bond acceptors (Lipinski definition) is 4. The van der Waals surface area contributed by atoms with Crippen LogP contribution in [-0.2, 0) is 0 Å². The number of H-pyrrole nitrogens is 1. The van der Waals surface area contributed by atoms with Crippen LogP contribution >= 0.6 is 11.3 Å². The van der Waals surface area contributed by atoms with Crippen LogP contribution in [0.5, 0.6) is 0 Å². The third kappa shape index (κ3) is 1.70. The van der Waals surface area contributed by atoms with E-state index in [0.29, 0.717) is 11.7 Å². The third-order valence-corrected chi connectivity index (χ3v) is 3.17. The molecule has 2 aromatic rings. The first-order chi connectivity index (χ1) is 7.33. The molecule has 0 amide bonds. The van der Waals surface area contributed by atoms with Crippen LogP contribution in [-0.4, -0.2) is 15.0 Å². The highest BCUT2D eigenvalue weighted by molar-refractivity contribution is 7.12. The summed E-state index contributed by atoms with van der Waals surface area (Å²) in [4.78, 5) is 22.7. The van der Waals surface area contributed by atoms with E-state index in [-0.39, 0.29) is 5.56 Å². The van der Waals surface area contributed by atoms with Crippen LogP contribution in [0.4, 0.5) is 0 Å². The Morgan fingerprint density at radius 3 is 3.00 bits per heavy atom. The standard InChI is InChI=1S/C10H9N3OS/c14-8-5-7(6-1-2-6)12-9(13-8)10-11-3-4-15-10/h3-6H,1-2H2,(H,12,13,14). The van der Waals surface area contributed by atoms with Gasteiger partial charge in [-0.15, -0.1) is 11.3 Å². The second kappa shape index (κ2) is 3.27. The van der Waals surface area contributed by atoms with Gasteiger partial charge in [-0.05, 0) is 12.8 Å². The van der Waals surface area contributed by atoms with Crippen LogP contribution in [0.2, 0.25) is 0 Å². The highest BCUT2D eigenvalue weighted by Gasteiger charge is 2.26. The molecule has 1 N–H and O–H groups in total. The van der Waals surface area contributed by atoms with Crippen LogP contribution in [0.25, 0.3) is 10.8 Å². The molecule has 5 heteroatoms. The third-order valence-electron chi connectivity index (χ3n) is 2.39. The summed E-state index contributed by atoms with van der Waals surface area (Å²) < 4.78 is 0. The van der Waals surface area contributed by atoms with E-state index in [1.54, 1.807) is 12.3 Å². The lowest BCUT2D eigenvalue weighted by Crippen LogP contribution is -2.09. The van der Waals surface area contributed by atoms with Crippen molar-refractivity contribution >= 4 is 11.3 Å². The van der Waals surface area contributed by atoms with Crippen molar-refractivity contribution < 1.29 is 0 Å². The lowest BCUT2D eigenvalue weighted by Gasteiger charge is -1.99. The van der Waals surface area contributed by atoms with Crippen LogP contribution in [0, 0.1) is 0 Å². The van der Waals surface area contributed by atoms with Crippen LogP contribution in [0.1, 0.15) is 24.5 Å². The summed E-state index contributed by atoms with van der Waals surface area (Å²) in [5.74, 6) is 1.09. The fourth-order valence-corrected chi connectivity index (χ4v) is 2.09. The van der Waals surface area contributed by atoms with Crippen LogP contribution < -0.4 is 5.56 Å². The first-order valence-corrected chi connectivity index (χ1v) is 5.72. The molecule has 3 rings (SSSR count). The molecule has 0 radical (unpaired) electrons. The minimum Gasteiger partial charge on any atom is -0.304 e. The second-order valence-corrected chi connectivity index (χ2v) is 4.52. The van der Waals surface area contributed by atoms with Crippen LogP contribution in [0.15, 0.2) is 22.4 Å². The Morgan fingerprint density at radius 2 is 2.33 bits per heavy atom. The van der Waals surface area contributed by atoms with Gasteiger partial charge in [0.25, 0.3) is 5.56 Å². The molecule has 4 nitrogen and oxygen atoms in total. The summed E-state index contributed by atoms with van der Waals surface area (Å²) >= 11 is 1.48. The summed E-state index contributed by atoms with van der Waals surface area (Å²) in [7, 11) is 0. The first kappa shape index (κ1) is 8.79. The predicted octanol–water partition coefficient (Wildman–Crippen LogP) is 1.77. The molecule has 0 saturated heterocycles. The largest absolute Gasteiger partial charge is 0.304 e. The highest BCUT2D eigenvalue weighted by Crippen LogP contribution is 2.38.